The molecule has 26 heavy (non-hydrogen) atoms. The topological polar surface area (TPSA) is 49.8 Å². The van der Waals surface area contributed by atoms with Crippen molar-refractivity contribution >= 4 is 46.0 Å². The molecular weight excluding hydrogens is 366 g/mol. The number of hydrogen-bond acceptors (Lipinski definition) is 5. The van der Waals surface area contributed by atoms with E-state index in [0.717, 1.165) is 17.7 Å². The molecule has 0 bridgehead atoms. The van der Waals surface area contributed by atoms with Crippen molar-refractivity contribution in [2.75, 3.05) is 11.5 Å². The molecule has 0 aromatic heterocycles. The van der Waals surface area contributed by atoms with Crippen LogP contribution in [0.3, 0.4) is 0 Å². The minimum Gasteiger partial charge on any atom is -0.504 e. The average molecular weight is 386 g/mol. The van der Waals surface area contributed by atoms with Crippen LogP contribution in [0.2, 0.25) is 0 Å². The number of aromatic hydroxyl groups is 1. The van der Waals surface area contributed by atoms with E-state index in [1.54, 1.807) is 29.2 Å². The quantitative estimate of drug-likeness (QED) is 0.594. The van der Waals surface area contributed by atoms with Gasteiger partial charge in [0.15, 0.2) is 15.8 Å². The Bertz CT molecular complexity index is 875. The zero-order valence-corrected chi connectivity index (χ0v) is 16.2. The lowest BCUT2D eigenvalue weighted by molar-refractivity contribution is -0.113. The fraction of sp³-hybridized carbons (Fsp3) is 0.200. The van der Waals surface area contributed by atoms with Gasteiger partial charge in [-0.15, -0.1) is 0 Å². The number of benzene rings is 2. The highest BCUT2D eigenvalue weighted by Crippen LogP contribution is 2.37. The van der Waals surface area contributed by atoms with E-state index in [-0.39, 0.29) is 11.7 Å². The number of nitrogens with zero attached hydrogens (tertiary/aromatic N) is 1. The molecule has 1 fully saturated rings. The summed E-state index contributed by atoms with van der Waals surface area (Å²) in [7, 11) is 0. The first kappa shape index (κ1) is 18.5. The molecule has 3 rings (SSSR count). The highest BCUT2D eigenvalue weighted by atomic mass is 32.2. The van der Waals surface area contributed by atoms with Crippen molar-refractivity contribution in [1.29, 1.82) is 0 Å². The summed E-state index contributed by atoms with van der Waals surface area (Å²) in [6, 6.07) is 12.8. The Hall–Kier alpha value is -2.31. The molecular formula is C20H19NO3S2. The molecule has 134 valence electrons. The number of phenols is 1. The molecule has 1 N–H and O–H groups in total. The van der Waals surface area contributed by atoms with E-state index in [1.807, 2.05) is 31.2 Å². The Morgan fingerprint density at radius 3 is 2.58 bits per heavy atom. The molecule has 1 heterocycles. The Balaban J connectivity index is 1.88. The molecule has 0 atom stereocenters. The van der Waals surface area contributed by atoms with Crippen LogP contribution < -0.4 is 9.64 Å². The van der Waals surface area contributed by atoms with Gasteiger partial charge in [0.1, 0.15) is 0 Å². The molecule has 1 amide bonds. The smallest absolute Gasteiger partial charge is 0.270 e. The number of phenolic OH excluding ortho intramolecular Hbond substituents is 1. The van der Waals surface area contributed by atoms with Gasteiger partial charge in [-0.1, -0.05) is 49.1 Å². The Morgan fingerprint density at radius 2 is 1.92 bits per heavy atom. The fourth-order valence-corrected chi connectivity index (χ4v) is 3.91. The van der Waals surface area contributed by atoms with Gasteiger partial charge in [0.2, 0.25) is 0 Å². The van der Waals surface area contributed by atoms with Crippen molar-refractivity contribution in [3.8, 4) is 11.5 Å². The molecule has 6 heteroatoms. The third-order valence-corrected chi connectivity index (χ3v) is 5.28. The number of anilines is 1. The third-order valence-electron chi connectivity index (χ3n) is 3.98. The van der Waals surface area contributed by atoms with Crippen LogP contribution >= 0.6 is 24.0 Å². The predicted octanol–water partition coefficient (Wildman–Crippen LogP) is 4.76. The number of carbonyl (C=O) groups excluding carboxylic acids is 1. The molecule has 1 saturated heterocycles. The zero-order chi connectivity index (χ0) is 18.7. The van der Waals surface area contributed by atoms with E-state index >= 15 is 0 Å². The van der Waals surface area contributed by atoms with E-state index in [4.69, 9.17) is 17.0 Å². The third kappa shape index (κ3) is 3.76. The van der Waals surface area contributed by atoms with Gasteiger partial charge in [-0.2, -0.15) is 0 Å². The van der Waals surface area contributed by atoms with Gasteiger partial charge in [-0.25, -0.2) is 0 Å². The average Bonchev–Trinajstić information content (AvgIpc) is 2.92. The molecule has 1 aliphatic rings. The SMILES string of the molecule is CCOc1cc(/C=C2\SC(=S)N(c3ccc(CC)cc3)C2=O)ccc1O. The lowest BCUT2D eigenvalue weighted by atomic mass is 10.1. The number of ether oxygens (including phenoxy) is 1. The van der Waals surface area contributed by atoms with E-state index in [1.165, 1.54) is 17.3 Å². The van der Waals surface area contributed by atoms with Gasteiger partial charge in [0, 0.05) is 0 Å². The van der Waals surface area contributed by atoms with Crippen molar-refractivity contribution in [3.63, 3.8) is 0 Å². The van der Waals surface area contributed by atoms with Crippen LogP contribution in [-0.4, -0.2) is 21.9 Å². The lowest BCUT2D eigenvalue weighted by Gasteiger charge is -2.14. The molecule has 4 nitrogen and oxygen atoms in total. The van der Waals surface area contributed by atoms with Crippen LogP contribution in [0, 0.1) is 0 Å². The lowest BCUT2D eigenvalue weighted by Crippen LogP contribution is -2.27. The summed E-state index contributed by atoms with van der Waals surface area (Å²) >= 11 is 6.68. The maximum absolute atomic E-state index is 12.8. The van der Waals surface area contributed by atoms with Gasteiger partial charge in [0.25, 0.3) is 5.91 Å². The molecule has 2 aromatic rings. The first-order chi connectivity index (χ1) is 12.5. The second-order valence-electron chi connectivity index (χ2n) is 5.70. The van der Waals surface area contributed by atoms with E-state index < -0.39 is 0 Å². The van der Waals surface area contributed by atoms with Gasteiger partial charge in [-0.05, 0) is 54.8 Å². The minimum absolute atomic E-state index is 0.0764. The van der Waals surface area contributed by atoms with Crippen molar-refractivity contribution < 1.29 is 14.6 Å². The largest absolute Gasteiger partial charge is 0.504 e. The first-order valence-electron chi connectivity index (χ1n) is 8.36. The van der Waals surface area contributed by atoms with Crippen molar-refractivity contribution in [1.82, 2.24) is 0 Å². The zero-order valence-electron chi connectivity index (χ0n) is 14.6. The van der Waals surface area contributed by atoms with Gasteiger partial charge >= 0.3 is 0 Å². The van der Waals surface area contributed by atoms with E-state index in [0.29, 0.717) is 21.6 Å². The number of carbonyl (C=O) groups is 1. The number of amides is 1. The Kier molecular flexibility index (Phi) is 5.64. The number of hydrogen-bond donors (Lipinski definition) is 1. The fourth-order valence-electron chi connectivity index (χ4n) is 2.61. The second kappa shape index (κ2) is 7.93. The number of thioether (sulfide) groups is 1. The summed E-state index contributed by atoms with van der Waals surface area (Å²) < 4.78 is 5.90. The normalized spacial score (nSPS) is 15.8. The molecule has 0 spiro atoms. The van der Waals surface area contributed by atoms with E-state index in [2.05, 4.69) is 6.92 Å². The summed E-state index contributed by atoms with van der Waals surface area (Å²) in [4.78, 5) is 14.9. The standard InChI is InChI=1S/C20H19NO3S2/c1-3-13-5-8-15(9-6-13)21-19(23)18(26-20(21)25)12-14-7-10-16(22)17(11-14)24-4-2/h5-12,22H,3-4H2,1-2H3/b18-12-. The van der Waals surface area contributed by atoms with Crippen LogP contribution in [0.15, 0.2) is 47.4 Å². The van der Waals surface area contributed by atoms with Crippen LogP contribution in [0.1, 0.15) is 25.0 Å². The number of rotatable bonds is 5. The van der Waals surface area contributed by atoms with Crippen LogP contribution in [-0.2, 0) is 11.2 Å². The number of aryl methyl sites for hydroxylation is 1. The maximum Gasteiger partial charge on any atom is 0.270 e. The van der Waals surface area contributed by atoms with E-state index in [9.17, 15) is 9.90 Å². The minimum atomic E-state index is -0.143. The molecule has 0 saturated carbocycles. The predicted molar refractivity (Wildman–Crippen MR) is 111 cm³/mol. The van der Waals surface area contributed by atoms with Crippen molar-refractivity contribution in [2.24, 2.45) is 0 Å². The highest BCUT2D eigenvalue weighted by Gasteiger charge is 2.33. The summed E-state index contributed by atoms with van der Waals surface area (Å²) in [5, 5.41) is 9.81. The molecule has 0 aliphatic carbocycles. The molecule has 2 aromatic carbocycles. The number of thiocarbonyl (C=S) groups is 1. The molecule has 0 radical (unpaired) electrons. The van der Waals surface area contributed by atoms with Crippen LogP contribution in [0.4, 0.5) is 5.69 Å². The van der Waals surface area contributed by atoms with Crippen molar-refractivity contribution in [2.45, 2.75) is 20.3 Å². The molecule has 1 aliphatic heterocycles. The first-order valence-corrected chi connectivity index (χ1v) is 9.58. The van der Waals surface area contributed by atoms with Gasteiger partial charge in [0.05, 0.1) is 17.2 Å². The summed E-state index contributed by atoms with van der Waals surface area (Å²) in [6.45, 7) is 4.39. The van der Waals surface area contributed by atoms with Crippen LogP contribution in [0.25, 0.3) is 6.08 Å². The van der Waals surface area contributed by atoms with Crippen LogP contribution in [0.5, 0.6) is 11.5 Å². The molecule has 0 unspecified atom stereocenters. The van der Waals surface area contributed by atoms with Crippen molar-refractivity contribution in [3.05, 3.63) is 58.5 Å². The van der Waals surface area contributed by atoms with Gasteiger partial charge < -0.3 is 9.84 Å². The maximum atomic E-state index is 12.8. The monoisotopic (exact) mass is 385 g/mol. The summed E-state index contributed by atoms with van der Waals surface area (Å²) in [6.07, 6.45) is 2.71. The summed E-state index contributed by atoms with van der Waals surface area (Å²) in [5.41, 5.74) is 2.75. The Labute approximate surface area is 162 Å². The second-order valence-corrected chi connectivity index (χ2v) is 7.37. The summed E-state index contributed by atoms with van der Waals surface area (Å²) in [5.74, 6) is 0.328. The van der Waals surface area contributed by atoms with Gasteiger partial charge in [-0.3, -0.25) is 9.69 Å². The highest BCUT2D eigenvalue weighted by molar-refractivity contribution is 8.27. The Morgan fingerprint density at radius 1 is 1.19 bits per heavy atom.